The predicted molar refractivity (Wildman–Crippen MR) is 332 cm³/mol. The zero-order chi connectivity index (χ0) is 82.7. The highest BCUT2D eigenvalue weighted by Gasteiger charge is 2.47. The summed E-state index contributed by atoms with van der Waals surface area (Å²) < 4.78 is 340. The van der Waals surface area contributed by atoms with Crippen molar-refractivity contribution in [1.29, 1.82) is 0 Å². The lowest BCUT2D eigenvalue weighted by Crippen LogP contribution is -2.62. The van der Waals surface area contributed by atoms with Crippen molar-refractivity contribution >= 4 is 118 Å². The van der Waals surface area contributed by atoms with Gasteiger partial charge in [-0.05, 0) is 139 Å². The SMILES string of the molecule is [2H]c1c([2H])c2c3c(c1[2H])-n1c4c([2H])c([2H])c([2H])c([2H])c4c4c([2H])c([2H])c([2H])c(c41)N3c1c([2H])c(C(C)(C)C)c([2H])c3c1B2c1c([2H])c([2H])c(N(c2c([2H])c([2H])c(C(C)(C)C)c([2H])c2[2H])c2c([2H])c([2H])c(C(C)(C)C)c([2H])c2[2H])c([2H])c1N3c1c([2H])c([2H])c(-c2c([2H])c([2H])c([2H])c3c2oc2c([2H])c([2H])c([2H])c([2H])c23)c([2H])c1[2H]. The van der Waals surface area contributed by atoms with Crippen molar-refractivity contribution in [3.63, 3.8) is 0 Å². The molecule has 78 heavy (non-hydrogen) atoms. The third kappa shape index (κ3) is 6.81. The van der Waals surface area contributed by atoms with Gasteiger partial charge in [-0.2, -0.15) is 0 Å². The van der Waals surface area contributed by atoms with E-state index in [4.69, 9.17) is 15.4 Å². The molecule has 0 radical (unpaired) electrons. The molecule has 3 aliphatic rings. The molecule has 6 heteroatoms. The molecule has 15 rings (SSSR count). The van der Waals surface area contributed by atoms with Crippen molar-refractivity contribution in [2.24, 2.45) is 0 Å². The van der Waals surface area contributed by atoms with Crippen LogP contribution in [0.5, 0.6) is 0 Å². The molecule has 5 heterocycles. The summed E-state index contributed by atoms with van der Waals surface area (Å²) in [4.78, 5) is 2.47. The Balaban J connectivity index is 1.21. The number of nitrogens with zero attached hydrogens (tertiary/aromatic N) is 4. The molecular weight excluding hydrogens is 948 g/mol. The number of para-hydroxylation sites is 5. The van der Waals surface area contributed by atoms with E-state index in [0.29, 0.717) is 4.90 Å². The normalized spacial score (nSPS) is 19.7. The molecule has 0 atom stereocenters. The minimum atomic E-state index is -2.14. The van der Waals surface area contributed by atoms with Gasteiger partial charge in [0.15, 0.2) is 0 Å². The van der Waals surface area contributed by atoms with Crippen molar-refractivity contribution in [3.05, 3.63) is 222 Å². The largest absolute Gasteiger partial charge is 0.455 e. The number of rotatable bonds is 5. The van der Waals surface area contributed by atoms with Gasteiger partial charge in [0.1, 0.15) is 11.2 Å². The Kier molecular flexibility index (Phi) is 4.93. The maximum atomic E-state index is 11.2. The summed E-state index contributed by atoms with van der Waals surface area (Å²) >= 11 is 0. The lowest BCUT2D eigenvalue weighted by atomic mass is 9.33. The van der Waals surface area contributed by atoms with E-state index in [9.17, 15) is 35.6 Å². The van der Waals surface area contributed by atoms with Crippen molar-refractivity contribution in [1.82, 2.24) is 4.57 Å². The highest BCUT2D eigenvalue weighted by atomic mass is 16.3. The minimum Gasteiger partial charge on any atom is -0.455 e. The Morgan fingerprint density at radius 1 is 0.436 bits per heavy atom. The second-order valence-corrected chi connectivity index (χ2v) is 22.3. The molecule has 0 aliphatic carbocycles. The quantitative estimate of drug-likeness (QED) is 0.161. The number of furan rings is 1. The van der Waals surface area contributed by atoms with Crippen LogP contribution in [0.15, 0.2) is 210 Å². The van der Waals surface area contributed by atoms with E-state index in [1.807, 2.05) is 0 Å². The van der Waals surface area contributed by atoms with Gasteiger partial charge < -0.3 is 23.7 Å². The van der Waals surface area contributed by atoms with Gasteiger partial charge >= 0.3 is 0 Å². The van der Waals surface area contributed by atoms with Crippen LogP contribution in [-0.4, -0.2) is 11.3 Å². The van der Waals surface area contributed by atoms with Gasteiger partial charge in [-0.15, -0.1) is 0 Å². The van der Waals surface area contributed by atoms with E-state index in [0.717, 1.165) is 14.4 Å². The van der Waals surface area contributed by atoms with Crippen molar-refractivity contribution in [2.75, 3.05) is 14.7 Å². The molecule has 0 saturated carbocycles. The summed E-state index contributed by atoms with van der Waals surface area (Å²) in [6, 6.07) is -30.8. The van der Waals surface area contributed by atoms with Gasteiger partial charge in [0.05, 0.1) is 74.7 Å². The first-order valence-corrected chi connectivity index (χ1v) is 25.0. The number of benzene rings is 10. The van der Waals surface area contributed by atoms with E-state index in [1.54, 1.807) is 62.3 Å². The minimum absolute atomic E-state index is 0.185. The van der Waals surface area contributed by atoms with Gasteiger partial charge in [-0.3, -0.25) is 0 Å². The fourth-order valence-corrected chi connectivity index (χ4v) is 10.4. The monoisotopic (exact) mass is 1040 g/mol. The van der Waals surface area contributed by atoms with E-state index in [-0.39, 0.29) is 22.2 Å². The van der Waals surface area contributed by atoms with Crippen molar-refractivity contribution in [2.45, 2.75) is 78.6 Å². The average molecular weight is 1040 g/mol. The van der Waals surface area contributed by atoms with Gasteiger partial charge in [0.25, 0.3) is 6.71 Å². The Morgan fingerprint density at radius 3 is 1.71 bits per heavy atom. The van der Waals surface area contributed by atoms with E-state index in [1.165, 1.54) is 0 Å². The van der Waals surface area contributed by atoms with Crippen molar-refractivity contribution < 1.29 is 51.0 Å². The van der Waals surface area contributed by atoms with Gasteiger partial charge in [0, 0.05) is 66.9 Å². The summed E-state index contributed by atoms with van der Waals surface area (Å²) in [6.07, 6.45) is 0. The molecule has 0 amide bonds. The predicted octanol–water partition coefficient (Wildman–Crippen LogP) is 18.1. The molecule has 0 fully saturated rings. The van der Waals surface area contributed by atoms with Crippen LogP contribution in [0.2, 0.25) is 0 Å². The summed E-state index contributed by atoms with van der Waals surface area (Å²) in [5.41, 5.74) is -17.6. The Labute approximate surface area is 505 Å². The first-order chi connectivity index (χ1) is 51.8. The number of fused-ring (bicyclic) bond motifs is 12. The number of hydrogen-bond donors (Lipinski definition) is 0. The standard InChI is InChI=1S/C72H61BN4O/c1-70(2,3)45-29-35-48(36-30-45)74(49-37-31-46(32-38-49)71(4,5)6)51-39-40-57-62(43-51)75(50-33-27-44(28-34-50)52-19-14-21-56-54-18-11-13-26-65(54)78-69(52)56)63-41-47(72(7,8)9)42-64-66(63)73(57)58-22-16-25-61-68(58)77(64)60-24-15-20-55-53-17-10-12-23-59(53)76(61)67(55)60/h10-43H,1-9H3/i10D,11D,12D,13D,14D,15D,16D,17D,18D,19D,20D,21D,22D,23D,24D,25D,26D,27D,28D,29D,30D,31D,32D,33D,34D,35D,36D,37D,38D,39D,40D,41D,42D,43D. The maximum Gasteiger partial charge on any atom is 0.252 e. The summed E-state index contributed by atoms with van der Waals surface area (Å²) in [5, 5.41) is -1.75. The van der Waals surface area contributed by atoms with Crippen LogP contribution < -0.4 is 31.1 Å². The summed E-state index contributed by atoms with van der Waals surface area (Å²) in [5.74, 6) is 0. The zero-order valence-corrected chi connectivity index (χ0v) is 43.3. The first kappa shape index (κ1) is 23.5. The first-order valence-electron chi connectivity index (χ1n) is 42.0. The molecule has 12 aromatic rings. The Bertz CT molecular complexity index is 6370. The molecule has 0 saturated heterocycles. The van der Waals surface area contributed by atoms with Crippen LogP contribution >= 0.6 is 0 Å². The van der Waals surface area contributed by atoms with Crippen LogP contribution in [-0.2, 0) is 16.2 Å². The highest BCUT2D eigenvalue weighted by molar-refractivity contribution is 7.00. The molecular formula is C72H61BN4O. The van der Waals surface area contributed by atoms with E-state index >= 15 is 0 Å². The van der Waals surface area contributed by atoms with Gasteiger partial charge in [-0.25, -0.2) is 0 Å². The second-order valence-electron chi connectivity index (χ2n) is 22.3. The Morgan fingerprint density at radius 2 is 1.01 bits per heavy atom. The summed E-state index contributed by atoms with van der Waals surface area (Å²) in [6.45, 7) is 12.0. The number of hydrogen-bond acceptors (Lipinski definition) is 4. The van der Waals surface area contributed by atoms with E-state index in [2.05, 4.69) is 0 Å². The number of aromatic nitrogens is 1. The maximum absolute atomic E-state index is 11.2. The third-order valence-corrected chi connectivity index (χ3v) is 14.2. The average Bonchev–Trinajstić information content (AvgIpc) is 1.17. The molecule has 2 aromatic heterocycles. The molecule has 378 valence electrons. The van der Waals surface area contributed by atoms with Gasteiger partial charge in [0.2, 0.25) is 0 Å². The van der Waals surface area contributed by atoms with E-state index < -0.39 is 351 Å². The fraction of sp³-hybridized carbons (Fsp3) is 0.167. The molecule has 0 spiro atoms. The van der Waals surface area contributed by atoms with Gasteiger partial charge in [-0.1, -0.05) is 183 Å². The van der Waals surface area contributed by atoms with Crippen LogP contribution in [0.3, 0.4) is 0 Å². The fourth-order valence-electron chi connectivity index (χ4n) is 10.4. The smallest absolute Gasteiger partial charge is 0.252 e. The lowest BCUT2D eigenvalue weighted by molar-refractivity contribution is 0.590. The van der Waals surface area contributed by atoms with Crippen LogP contribution in [0.1, 0.15) is 126 Å². The summed E-state index contributed by atoms with van der Waals surface area (Å²) in [7, 11) is 0. The topological polar surface area (TPSA) is 27.8 Å². The molecule has 0 N–H and O–H groups in total. The second kappa shape index (κ2) is 16.4. The molecule has 0 unspecified atom stereocenters. The van der Waals surface area contributed by atoms with Crippen LogP contribution in [0.4, 0.5) is 51.2 Å². The highest BCUT2D eigenvalue weighted by Crippen LogP contribution is 2.54. The molecule has 3 aliphatic heterocycles. The van der Waals surface area contributed by atoms with Crippen LogP contribution in [0.25, 0.3) is 60.6 Å². The van der Waals surface area contributed by atoms with Crippen LogP contribution in [0, 0.1) is 0 Å². The molecule has 0 bridgehead atoms. The number of anilines is 9. The molecule has 10 aromatic carbocycles. The lowest BCUT2D eigenvalue weighted by Gasteiger charge is -2.47. The Hall–Kier alpha value is -8.74. The molecule has 5 nitrogen and oxygen atoms in total. The third-order valence-electron chi connectivity index (χ3n) is 14.2. The zero-order valence-electron chi connectivity index (χ0n) is 77.3. The van der Waals surface area contributed by atoms with Crippen molar-refractivity contribution in [3.8, 4) is 16.8 Å².